The van der Waals surface area contributed by atoms with Crippen LogP contribution in [0.4, 0.5) is 0 Å². The van der Waals surface area contributed by atoms with Gasteiger partial charge in [-0.1, -0.05) is 30.3 Å². The Bertz CT molecular complexity index is 328. The van der Waals surface area contributed by atoms with Gasteiger partial charge in [-0.15, -0.1) is 0 Å². The van der Waals surface area contributed by atoms with Crippen LogP contribution in [0.3, 0.4) is 0 Å². The number of ether oxygens (including phenoxy) is 1. The van der Waals surface area contributed by atoms with Crippen LogP contribution in [0.1, 0.15) is 18.4 Å². The topological polar surface area (TPSA) is 26.3 Å². The lowest BCUT2D eigenvalue weighted by molar-refractivity contribution is -0.129. The molecule has 0 spiro atoms. The van der Waals surface area contributed by atoms with Gasteiger partial charge in [-0.2, -0.15) is 0 Å². The van der Waals surface area contributed by atoms with Crippen LogP contribution in [0.2, 0.25) is 0 Å². The molecule has 0 heterocycles. The van der Waals surface area contributed by atoms with E-state index in [9.17, 15) is 4.79 Å². The first kappa shape index (κ1) is 10.4. The largest absolute Gasteiger partial charge is 0.373 e. The van der Waals surface area contributed by atoms with Gasteiger partial charge in [-0.3, -0.25) is 4.79 Å². The van der Waals surface area contributed by atoms with Gasteiger partial charge in [-0.25, -0.2) is 0 Å². The maximum Gasteiger partial charge on any atom is 0.166 e. The lowest BCUT2D eigenvalue weighted by Crippen LogP contribution is -2.26. The molecule has 0 amide bonds. The molecule has 1 aliphatic carbocycles. The zero-order valence-electron chi connectivity index (χ0n) is 8.98. The normalized spacial score (nSPS) is 17.4. The van der Waals surface area contributed by atoms with Crippen molar-refractivity contribution in [1.82, 2.24) is 0 Å². The van der Waals surface area contributed by atoms with Gasteiger partial charge in [0.1, 0.15) is 6.10 Å². The summed E-state index contributed by atoms with van der Waals surface area (Å²) in [6.45, 7) is 0. The van der Waals surface area contributed by atoms with E-state index in [0.29, 0.717) is 12.3 Å². The summed E-state index contributed by atoms with van der Waals surface area (Å²) in [4.78, 5) is 11.9. The number of benzene rings is 1. The molecule has 1 aliphatic rings. The van der Waals surface area contributed by atoms with Crippen LogP contribution >= 0.6 is 0 Å². The Morgan fingerprint density at radius 2 is 2.07 bits per heavy atom. The number of carbonyl (C=O) groups is 1. The summed E-state index contributed by atoms with van der Waals surface area (Å²) >= 11 is 0. The smallest absolute Gasteiger partial charge is 0.166 e. The van der Waals surface area contributed by atoms with Crippen molar-refractivity contribution in [2.45, 2.75) is 25.4 Å². The fourth-order valence-electron chi connectivity index (χ4n) is 1.88. The van der Waals surface area contributed by atoms with Crippen LogP contribution in [0.15, 0.2) is 30.3 Å². The number of hydrogen-bond acceptors (Lipinski definition) is 2. The van der Waals surface area contributed by atoms with Crippen molar-refractivity contribution in [1.29, 1.82) is 0 Å². The number of methoxy groups -OCH3 is 1. The summed E-state index contributed by atoms with van der Waals surface area (Å²) < 4.78 is 5.26. The lowest BCUT2D eigenvalue weighted by Gasteiger charge is -2.12. The first-order valence-electron chi connectivity index (χ1n) is 5.40. The summed E-state index contributed by atoms with van der Waals surface area (Å²) in [5.74, 6) is 0.692. The average molecular weight is 204 g/mol. The second-order valence-electron chi connectivity index (χ2n) is 4.12. The molecule has 2 heteroatoms. The fourth-order valence-corrected chi connectivity index (χ4v) is 1.88. The molecule has 1 aromatic rings. The molecule has 1 aromatic carbocycles. The zero-order chi connectivity index (χ0) is 10.7. The van der Waals surface area contributed by atoms with E-state index < -0.39 is 0 Å². The van der Waals surface area contributed by atoms with Crippen molar-refractivity contribution in [3.63, 3.8) is 0 Å². The van der Waals surface area contributed by atoms with Crippen LogP contribution in [0.25, 0.3) is 0 Å². The molecule has 1 saturated carbocycles. The average Bonchev–Trinajstić information content (AvgIpc) is 3.04. The van der Waals surface area contributed by atoms with Crippen LogP contribution in [0.5, 0.6) is 0 Å². The molecule has 0 N–H and O–H groups in total. The Morgan fingerprint density at radius 3 is 2.60 bits per heavy atom. The van der Waals surface area contributed by atoms with Gasteiger partial charge in [0.2, 0.25) is 0 Å². The van der Waals surface area contributed by atoms with Gasteiger partial charge in [0, 0.05) is 13.5 Å². The van der Waals surface area contributed by atoms with Crippen LogP contribution in [0, 0.1) is 5.92 Å². The van der Waals surface area contributed by atoms with Crippen molar-refractivity contribution in [3.8, 4) is 0 Å². The highest BCUT2D eigenvalue weighted by molar-refractivity contribution is 5.85. The lowest BCUT2D eigenvalue weighted by atomic mass is 10.0. The first-order valence-corrected chi connectivity index (χ1v) is 5.40. The minimum absolute atomic E-state index is 0.176. The third-order valence-corrected chi connectivity index (χ3v) is 2.84. The van der Waals surface area contributed by atoms with E-state index in [1.807, 2.05) is 30.3 Å². The molecule has 1 atom stereocenters. The van der Waals surface area contributed by atoms with Crippen molar-refractivity contribution in [2.75, 3.05) is 7.11 Å². The molecular formula is C13H16O2. The minimum atomic E-state index is -0.176. The number of ketones is 1. The predicted molar refractivity (Wildman–Crippen MR) is 58.7 cm³/mol. The SMILES string of the molecule is COC(C(=O)Cc1ccccc1)C1CC1. The first-order chi connectivity index (χ1) is 7.31. The molecule has 0 bridgehead atoms. The summed E-state index contributed by atoms with van der Waals surface area (Å²) in [5, 5.41) is 0. The van der Waals surface area contributed by atoms with Gasteiger partial charge in [0.05, 0.1) is 0 Å². The number of hydrogen-bond donors (Lipinski definition) is 0. The van der Waals surface area contributed by atoms with Crippen LogP contribution < -0.4 is 0 Å². The van der Waals surface area contributed by atoms with Gasteiger partial charge in [-0.05, 0) is 24.3 Å². The standard InChI is InChI=1S/C13H16O2/c1-15-13(11-7-8-11)12(14)9-10-5-3-2-4-6-10/h2-6,11,13H,7-9H2,1H3. The van der Waals surface area contributed by atoms with Crippen molar-refractivity contribution < 1.29 is 9.53 Å². The third-order valence-electron chi connectivity index (χ3n) is 2.84. The van der Waals surface area contributed by atoms with E-state index >= 15 is 0 Å². The van der Waals surface area contributed by atoms with E-state index in [4.69, 9.17) is 4.74 Å². The van der Waals surface area contributed by atoms with E-state index in [-0.39, 0.29) is 11.9 Å². The number of carbonyl (C=O) groups excluding carboxylic acids is 1. The monoisotopic (exact) mass is 204 g/mol. The molecule has 1 fully saturated rings. The molecule has 0 radical (unpaired) electrons. The van der Waals surface area contributed by atoms with Crippen LogP contribution in [-0.2, 0) is 16.0 Å². The van der Waals surface area contributed by atoms with Gasteiger partial charge >= 0.3 is 0 Å². The Kier molecular flexibility index (Phi) is 3.17. The van der Waals surface area contributed by atoms with E-state index in [0.717, 1.165) is 18.4 Å². The summed E-state index contributed by atoms with van der Waals surface area (Å²) in [6.07, 6.45) is 2.60. The number of rotatable bonds is 5. The molecule has 0 saturated heterocycles. The molecular weight excluding hydrogens is 188 g/mol. The van der Waals surface area contributed by atoms with E-state index in [2.05, 4.69) is 0 Å². The molecule has 0 aromatic heterocycles. The van der Waals surface area contributed by atoms with Gasteiger partial charge in [0.15, 0.2) is 5.78 Å². The Morgan fingerprint density at radius 1 is 1.40 bits per heavy atom. The maximum absolute atomic E-state index is 11.9. The Labute approximate surface area is 90.3 Å². The highest BCUT2D eigenvalue weighted by Gasteiger charge is 2.35. The van der Waals surface area contributed by atoms with E-state index in [1.54, 1.807) is 7.11 Å². The predicted octanol–water partition coefficient (Wildman–Crippen LogP) is 2.22. The Balaban J connectivity index is 1.96. The highest BCUT2D eigenvalue weighted by Crippen LogP contribution is 2.34. The molecule has 0 aliphatic heterocycles. The van der Waals surface area contributed by atoms with Crippen molar-refractivity contribution in [3.05, 3.63) is 35.9 Å². The minimum Gasteiger partial charge on any atom is -0.373 e. The van der Waals surface area contributed by atoms with Gasteiger partial charge < -0.3 is 4.74 Å². The summed E-state index contributed by atoms with van der Waals surface area (Å²) in [5.41, 5.74) is 1.07. The van der Waals surface area contributed by atoms with Crippen molar-refractivity contribution >= 4 is 5.78 Å². The maximum atomic E-state index is 11.9. The summed E-state index contributed by atoms with van der Waals surface area (Å²) in [6, 6.07) is 9.85. The quantitative estimate of drug-likeness (QED) is 0.735. The molecule has 15 heavy (non-hydrogen) atoms. The van der Waals surface area contributed by atoms with E-state index in [1.165, 1.54) is 0 Å². The Hall–Kier alpha value is -1.15. The molecule has 80 valence electrons. The highest BCUT2D eigenvalue weighted by atomic mass is 16.5. The zero-order valence-corrected chi connectivity index (χ0v) is 8.98. The number of Topliss-reactive ketones (excluding diaryl/α,β-unsaturated/α-hetero) is 1. The van der Waals surface area contributed by atoms with Crippen LogP contribution in [-0.4, -0.2) is 19.0 Å². The second-order valence-corrected chi connectivity index (χ2v) is 4.12. The summed E-state index contributed by atoms with van der Waals surface area (Å²) in [7, 11) is 1.63. The molecule has 1 unspecified atom stereocenters. The van der Waals surface area contributed by atoms with Gasteiger partial charge in [0.25, 0.3) is 0 Å². The second kappa shape index (κ2) is 4.58. The third kappa shape index (κ3) is 2.66. The molecule has 2 rings (SSSR count). The molecule has 2 nitrogen and oxygen atoms in total. The fraction of sp³-hybridized carbons (Fsp3) is 0.462. The van der Waals surface area contributed by atoms with Crippen molar-refractivity contribution in [2.24, 2.45) is 5.92 Å².